The van der Waals surface area contributed by atoms with Crippen LogP contribution in [0.2, 0.25) is 0 Å². The fraction of sp³-hybridized carbons (Fsp3) is 1.00. The first-order valence-electron chi connectivity index (χ1n) is 9.42. The van der Waals surface area contributed by atoms with E-state index in [1.807, 2.05) is 0 Å². The molecular formula is C20H40. The van der Waals surface area contributed by atoms with Gasteiger partial charge in [0, 0.05) is 0 Å². The molecule has 120 valence electrons. The van der Waals surface area contributed by atoms with E-state index in [0.717, 1.165) is 41.4 Å². The summed E-state index contributed by atoms with van der Waals surface area (Å²) in [6, 6.07) is 0. The Morgan fingerprint density at radius 2 is 1.50 bits per heavy atom. The molecule has 0 N–H and O–H groups in total. The molecule has 1 fully saturated rings. The minimum absolute atomic E-state index is 0.849. The Hall–Kier alpha value is 0. The summed E-state index contributed by atoms with van der Waals surface area (Å²) in [4.78, 5) is 0. The van der Waals surface area contributed by atoms with E-state index in [1.165, 1.54) is 38.5 Å². The van der Waals surface area contributed by atoms with Gasteiger partial charge >= 0.3 is 0 Å². The van der Waals surface area contributed by atoms with Crippen molar-refractivity contribution in [3.63, 3.8) is 0 Å². The average Bonchev–Trinajstić information content (AvgIpc) is 3.11. The maximum absolute atomic E-state index is 2.55. The Kier molecular flexibility index (Phi) is 7.62. The highest BCUT2D eigenvalue weighted by molar-refractivity contribution is 4.90. The largest absolute Gasteiger partial charge is 0.0654 e. The lowest BCUT2D eigenvalue weighted by Crippen LogP contribution is -2.24. The second kappa shape index (κ2) is 8.44. The highest BCUT2D eigenvalue weighted by Gasteiger charge is 2.40. The average molecular weight is 281 g/mol. The van der Waals surface area contributed by atoms with Gasteiger partial charge in [0.15, 0.2) is 0 Å². The fourth-order valence-electron chi connectivity index (χ4n) is 4.66. The summed E-state index contributed by atoms with van der Waals surface area (Å²) in [6.07, 6.45) is 8.56. The summed E-state index contributed by atoms with van der Waals surface area (Å²) in [5.74, 6) is 6.68. The third-order valence-electron chi connectivity index (χ3n) is 6.13. The molecule has 0 saturated heterocycles. The highest BCUT2D eigenvalue weighted by Crippen LogP contribution is 2.49. The van der Waals surface area contributed by atoms with Gasteiger partial charge in [-0.1, -0.05) is 74.1 Å². The van der Waals surface area contributed by atoms with Crippen LogP contribution in [0.1, 0.15) is 87.0 Å². The highest BCUT2D eigenvalue weighted by atomic mass is 14.5. The third kappa shape index (κ3) is 5.08. The number of rotatable bonds is 10. The van der Waals surface area contributed by atoms with Gasteiger partial charge in [0.05, 0.1) is 0 Å². The fourth-order valence-corrected chi connectivity index (χ4v) is 4.66. The summed E-state index contributed by atoms with van der Waals surface area (Å²) in [5, 5.41) is 0. The molecule has 6 unspecified atom stereocenters. The smallest absolute Gasteiger partial charge is 0.0357 e. The van der Waals surface area contributed by atoms with Crippen molar-refractivity contribution < 1.29 is 0 Å². The second-order valence-electron chi connectivity index (χ2n) is 8.19. The van der Waals surface area contributed by atoms with Gasteiger partial charge in [0.25, 0.3) is 0 Å². The number of hydrogen-bond donors (Lipinski definition) is 0. The first-order chi connectivity index (χ1) is 9.42. The van der Waals surface area contributed by atoms with Crippen molar-refractivity contribution >= 4 is 0 Å². The molecule has 0 spiro atoms. The van der Waals surface area contributed by atoms with Gasteiger partial charge in [-0.25, -0.2) is 0 Å². The summed E-state index contributed by atoms with van der Waals surface area (Å²) in [5.41, 5.74) is 0. The van der Waals surface area contributed by atoms with E-state index in [1.54, 1.807) is 0 Å². The zero-order valence-electron chi connectivity index (χ0n) is 15.3. The molecule has 1 aliphatic rings. The molecule has 0 aromatic carbocycles. The van der Waals surface area contributed by atoms with E-state index in [-0.39, 0.29) is 0 Å². The SMILES string of the molecule is CCCC(CC(C)C(CCC)C(C)C)C(C)C1CC1C. The minimum Gasteiger partial charge on any atom is -0.0654 e. The first kappa shape index (κ1) is 18.1. The third-order valence-corrected chi connectivity index (χ3v) is 6.13. The Balaban J connectivity index is 2.58. The molecule has 0 aromatic rings. The number of hydrogen-bond acceptors (Lipinski definition) is 0. The predicted octanol–water partition coefficient (Wildman–Crippen LogP) is 6.79. The van der Waals surface area contributed by atoms with Crippen molar-refractivity contribution in [3.05, 3.63) is 0 Å². The molecule has 0 nitrogen and oxygen atoms in total. The van der Waals surface area contributed by atoms with Crippen LogP contribution in [-0.2, 0) is 0 Å². The quantitative estimate of drug-likeness (QED) is 0.413. The van der Waals surface area contributed by atoms with E-state index in [9.17, 15) is 0 Å². The first-order valence-corrected chi connectivity index (χ1v) is 9.42. The van der Waals surface area contributed by atoms with Crippen LogP contribution in [0.4, 0.5) is 0 Å². The zero-order chi connectivity index (χ0) is 15.3. The van der Waals surface area contributed by atoms with Crippen molar-refractivity contribution in [2.45, 2.75) is 87.0 Å². The molecule has 1 rings (SSSR count). The summed E-state index contributed by atoms with van der Waals surface area (Å²) in [6.45, 7) is 17.1. The van der Waals surface area contributed by atoms with Gasteiger partial charge in [-0.15, -0.1) is 0 Å². The summed E-state index contributed by atoms with van der Waals surface area (Å²) in [7, 11) is 0. The standard InChI is InChI=1S/C20H40/c1-8-10-18(17(7)20-13-16(20)6)12-15(5)19(11-9-2)14(3)4/h14-20H,8-13H2,1-7H3. The molecule has 1 aliphatic carbocycles. The topological polar surface area (TPSA) is 0 Å². The van der Waals surface area contributed by atoms with Gasteiger partial charge < -0.3 is 0 Å². The van der Waals surface area contributed by atoms with Crippen LogP contribution >= 0.6 is 0 Å². The van der Waals surface area contributed by atoms with Crippen molar-refractivity contribution in [1.29, 1.82) is 0 Å². The maximum atomic E-state index is 2.55. The predicted molar refractivity (Wildman–Crippen MR) is 91.9 cm³/mol. The summed E-state index contributed by atoms with van der Waals surface area (Å²) < 4.78 is 0. The van der Waals surface area contributed by atoms with E-state index in [0.29, 0.717) is 0 Å². The van der Waals surface area contributed by atoms with Gasteiger partial charge in [0.1, 0.15) is 0 Å². The molecule has 0 bridgehead atoms. The molecule has 0 aliphatic heterocycles. The minimum atomic E-state index is 0.849. The van der Waals surface area contributed by atoms with Gasteiger partial charge in [-0.2, -0.15) is 0 Å². The lowest BCUT2D eigenvalue weighted by molar-refractivity contribution is 0.171. The molecule has 1 saturated carbocycles. The Bertz CT molecular complexity index is 255. The molecule has 0 radical (unpaired) electrons. The second-order valence-corrected chi connectivity index (χ2v) is 8.19. The van der Waals surface area contributed by atoms with Crippen molar-refractivity contribution in [1.82, 2.24) is 0 Å². The Labute approximate surface area is 129 Å². The van der Waals surface area contributed by atoms with E-state index < -0.39 is 0 Å². The Morgan fingerprint density at radius 3 is 1.90 bits per heavy atom. The van der Waals surface area contributed by atoms with Crippen molar-refractivity contribution in [2.24, 2.45) is 41.4 Å². The lowest BCUT2D eigenvalue weighted by atomic mass is 9.73. The molecule has 6 atom stereocenters. The van der Waals surface area contributed by atoms with Crippen LogP contribution in [0.3, 0.4) is 0 Å². The van der Waals surface area contributed by atoms with Gasteiger partial charge in [-0.3, -0.25) is 0 Å². The zero-order valence-corrected chi connectivity index (χ0v) is 15.3. The van der Waals surface area contributed by atoms with Crippen LogP contribution in [0.5, 0.6) is 0 Å². The molecule has 0 heteroatoms. The Morgan fingerprint density at radius 1 is 0.950 bits per heavy atom. The van der Waals surface area contributed by atoms with Crippen molar-refractivity contribution in [3.8, 4) is 0 Å². The summed E-state index contributed by atoms with van der Waals surface area (Å²) >= 11 is 0. The normalized spacial score (nSPS) is 28.2. The van der Waals surface area contributed by atoms with Crippen molar-refractivity contribution in [2.75, 3.05) is 0 Å². The van der Waals surface area contributed by atoms with Gasteiger partial charge in [-0.05, 0) is 54.3 Å². The van der Waals surface area contributed by atoms with Crippen LogP contribution in [0, 0.1) is 41.4 Å². The molecule has 0 aromatic heterocycles. The van der Waals surface area contributed by atoms with Crippen LogP contribution in [-0.4, -0.2) is 0 Å². The monoisotopic (exact) mass is 280 g/mol. The molecular weight excluding hydrogens is 240 g/mol. The lowest BCUT2D eigenvalue weighted by Gasteiger charge is -2.33. The van der Waals surface area contributed by atoms with Gasteiger partial charge in [0.2, 0.25) is 0 Å². The molecule has 0 heterocycles. The molecule has 20 heavy (non-hydrogen) atoms. The van der Waals surface area contributed by atoms with Crippen LogP contribution in [0.25, 0.3) is 0 Å². The van der Waals surface area contributed by atoms with E-state index in [4.69, 9.17) is 0 Å². The van der Waals surface area contributed by atoms with E-state index >= 15 is 0 Å². The molecule has 0 amide bonds. The maximum Gasteiger partial charge on any atom is -0.0357 e. The van der Waals surface area contributed by atoms with Crippen LogP contribution < -0.4 is 0 Å². The van der Waals surface area contributed by atoms with E-state index in [2.05, 4.69) is 48.5 Å². The van der Waals surface area contributed by atoms with Crippen LogP contribution in [0.15, 0.2) is 0 Å².